The first kappa shape index (κ1) is 17.7. The lowest BCUT2D eigenvalue weighted by molar-refractivity contribution is -0.114. The maximum atomic E-state index is 11.4. The molecule has 2 aromatic rings. The van der Waals surface area contributed by atoms with Gasteiger partial charge in [-0.3, -0.25) is 4.79 Å². The van der Waals surface area contributed by atoms with E-state index in [1.807, 2.05) is 32.3 Å². The molecule has 7 heteroatoms. The van der Waals surface area contributed by atoms with E-state index in [4.69, 9.17) is 4.98 Å². The number of nitrogens with one attached hydrogen (secondary N) is 1. The fraction of sp³-hybridized carbons (Fsp3) is 0.500. The minimum atomic E-state index is -0.119. The number of fused-ring (bicyclic) bond motifs is 2. The normalized spacial score (nSPS) is 16.6. The number of amides is 1. The van der Waals surface area contributed by atoms with Gasteiger partial charge in [0.25, 0.3) is 0 Å². The Morgan fingerprint density at radius 3 is 2.67 bits per heavy atom. The van der Waals surface area contributed by atoms with E-state index in [1.54, 1.807) is 0 Å². The van der Waals surface area contributed by atoms with E-state index in [0.29, 0.717) is 11.9 Å². The monoisotopic (exact) mass is 366 g/mol. The second-order valence-corrected chi connectivity index (χ2v) is 8.01. The standard InChI is InChI=1S/C20H26N6O/c1-12(2)25(5)19-22-13(3)8-18(24-19)26-11-20(6-7-20)15-10-21-17(9-16(15)26)23-14(4)27/h8-10,12H,6-7,11H2,1-5H3,(H,21,23,27). The lowest BCUT2D eigenvalue weighted by atomic mass is 10.0. The predicted octanol–water partition coefficient (Wildman–Crippen LogP) is 3.17. The molecular weight excluding hydrogens is 340 g/mol. The molecule has 1 N–H and O–H groups in total. The number of hydrogen-bond donors (Lipinski definition) is 1. The first-order valence-electron chi connectivity index (χ1n) is 9.43. The number of anilines is 4. The number of carbonyl (C=O) groups is 1. The zero-order valence-electron chi connectivity index (χ0n) is 16.6. The molecule has 1 aliphatic heterocycles. The van der Waals surface area contributed by atoms with Gasteiger partial charge in [0, 0.05) is 61.6 Å². The first-order chi connectivity index (χ1) is 12.8. The molecule has 0 atom stereocenters. The van der Waals surface area contributed by atoms with E-state index in [0.717, 1.165) is 29.7 Å². The fourth-order valence-electron chi connectivity index (χ4n) is 3.64. The Kier molecular flexibility index (Phi) is 4.05. The van der Waals surface area contributed by atoms with Crippen LogP contribution in [0.4, 0.5) is 23.3 Å². The highest BCUT2D eigenvalue weighted by molar-refractivity contribution is 5.89. The van der Waals surface area contributed by atoms with Gasteiger partial charge in [-0.15, -0.1) is 0 Å². The molecule has 3 heterocycles. The van der Waals surface area contributed by atoms with Crippen LogP contribution in [0, 0.1) is 6.92 Å². The Balaban J connectivity index is 1.77. The summed E-state index contributed by atoms with van der Waals surface area (Å²) in [6.07, 6.45) is 4.25. The van der Waals surface area contributed by atoms with E-state index >= 15 is 0 Å². The highest BCUT2D eigenvalue weighted by Gasteiger charge is 2.52. The van der Waals surface area contributed by atoms with Crippen molar-refractivity contribution in [2.75, 3.05) is 28.7 Å². The lowest BCUT2D eigenvalue weighted by Crippen LogP contribution is -2.29. The number of aromatic nitrogens is 3. The van der Waals surface area contributed by atoms with E-state index in [9.17, 15) is 4.79 Å². The van der Waals surface area contributed by atoms with Crippen molar-refractivity contribution in [2.45, 2.75) is 52.0 Å². The van der Waals surface area contributed by atoms with Gasteiger partial charge < -0.3 is 15.1 Å². The van der Waals surface area contributed by atoms with Crippen LogP contribution in [0.15, 0.2) is 18.3 Å². The van der Waals surface area contributed by atoms with Crippen molar-refractivity contribution in [1.82, 2.24) is 15.0 Å². The van der Waals surface area contributed by atoms with Crippen molar-refractivity contribution in [3.8, 4) is 0 Å². The molecule has 1 fully saturated rings. The summed E-state index contributed by atoms with van der Waals surface area (Å²) < 4.78 is 0. The highest BCUT2D eigenvalue weighted by Crippen LogP contribution is 2.58. The average Bonchev–Trinajstić information content (AvgIpc) is 3.30. The minimum Gasteiger partial charge on any atom is -0.341 e. The Hall–Kier alpha value is -2.70. The van der Waals surface area contributed by atoms with E-state index in [1.165, 1.54) is 25.3 Å². The summed E-state index contributed by atoms with van der Waals surface area (Å²) in [5, 5.41) is 2.79. The number of carbonyl (C=O) groups excluding carboxylic acids is 1. The second kappa shape index (κ2) is 6.18. The van der Waals surface area contributed by atoms with Gasteiger partial charge in [0.15, 0.2) is 0 Å². The molecule has 0 radical (unpaired) electrons. The summed E-state index contributed by atoms with van der Waals surface area (Å²) in [7, 11) is 2.02. The Bertz CT molecular complexity index is 905. The number of aryl methyl sites for hydroxylation is 1. The number of hydrogen-bond acceptors (Lipinski definition) is 6. The Morgan fingerprint density at radius 1 is 1.30 bits per heavy atom. The van der Waals surface area contributed by atoms with E-state index < -0.39 is 0 Å². The molecule has 4 rings (SSSR count). The molecule has 1 amide bonds. The smallest absolute Gasteiger partial charge is 0.227 e. The van der Waals surface area contributed by atoms with Crippen LogP contribution in [0.3, 0.4) is 0 Å². The molecule has 7 nitrogen and oxygen atoms in total. The molecule has 1 saturated carbocycles. The van der Waals surface area contributed by atoms with Crippen LogP contribution in [0.5, 0.6) is 0 Å². The van der Waals surface area contributed by atoms with Crippen molar-refractivity contribution < 1.29 is 4.79 Å². The van der Waals surface area contributed by atoms with E-state index in [2.05, 4.69) is 38.9 Å². The van der Waals surface area contributed by atoms with Gasteiger partial charge in [-0.1, -0.05) is 0 Å². The quantitative estimate of drug-likeness (QED) is 0.896. The van der Waals surface area contributed by atoms with Gasteiger partial charge in [0.1, 0.15) is 11.6 Å². The Labute approximate surface area is 159 Å². The van der Waals surface area contributed by atoms with Gasteiger partial charge in [0.05, 0.1) is 5.69 Å². The second-order valence-electron chi connectivity index (χ2n) is 8.01. The summed E-state index contributed by atoms with van der Waals surface area (Å²) in [5.41, 5.74) is 3.46. The van der Waals surface area contributed by atoms with Gasteiger partial charge in [-0.25, -0.2) is 9.97 Å². The van der Waals surface area contributed by atoms with Crippen LogP contribution in [0.1, 0.15) is 44.9 Å². The molecule has 142 valence electrons. The molecule has 1 spiro atoms. The molecule has 0 aromatic carbocycles. The summed E-state index contributed by atoms with van der Waals surface area (Å²) in [6, 6.07) is 4.31. The minimum absolute atomic E-state index is 0.119. The largest absolute Gasteiger partial charge is 0.341 e. The molecule has 0 saturated heterocycles. The van der Waals surface area contributed by atoms with Crippen molar-refractivity contribution in [1.29, 1.82) is 0 Å². The summed E-state index contributed by atoms with van der Waals surface area (Å²) in [6.45, 7) is 8.65. The lowest BCUT2D eigenvalue weighted by Gasteiger charge is -2.25. The summed E-state index contributed by atoms with van der Waals surface area (Å²) >= 11 is 0. The van der Waals surface area contributed by atoms with Crippen LogP contribution >= 0.6 is 0 Å². The summed E-state index contributed by atoms with van der Waals surface area (Å²) in [4.78, 5) is 29.7. The average molecular weight is 366 g/mol. The third-order valence-corrected chi connectivity index (χ3v) is 5.56. The maximum absolute atomic E-state index is 11.4. The molecular formula is C20H26N6O. The number of pyridine rings is 1. The zero-order valence-corrected chi connectivity index (χ0v) is 16.6. The summed E-state index contributed by atoms with van der Waals surface area (Å²) in [5.74, 6) is 2.09. The van der Waals surface area contributed by atoms with Crippen LogP contribution in [-0.2, 0) is 10.2 Å². The topological polar surface area (TPSA) is 74.2 Å². The van der Waals surface area contributed by atoms with Gasteiger partial charge in [0.2, 0.25) is 11.9 Å². The third kappa shape index (κ3) is 3.11. The number of nitrogens with zero attached hydrogens (tertiary/aromatic N) is 5. The van der Waals surface area contributed by atoms with Crippen LogP contribution in [-0.4, -0.2) is 40.5 Å². The van der Waals surface area contributed by atoms with Crippen molar-refractivity contribution in [3.63, 3.8) is 0 Å². The van der Waals surface area contributed by atoms with Crippen molar-refractivity contribution in [2.24, 2.45) is 0 Å². The van der Waals surface area contributed by atoms with E-state index in [-0.39, 0.29) is 11.3 Å². The predicted molar refractivity (Wildman–Crippen MR) is 107 cm³/mol. The van der Waals surface area contributed by atoms with Crippen LogP contribution in [0.25, 0.3) is 0 Å². The Morgan fingerprint density at radius 2 is 2.04 bits per heavy atom. The van der Waals surface area contributed by atoms with Crippen LogP contribution < -0.4 is 15.1 Å². The van der Waals surface area contributed by atoms with Crippen molar-refractivity contribution >= 4 is 29.2 Å². The first-order valence-corrected chi connectivity index (χ1v) is 9.43. The molecule has 27 heavy (non-hydrogen) atoms. The SMILES string of the molecule is CC(=O)Nc1cc2c(cn1)C1(CC1)CN2c1cc(C)nc(N(C)C(C)C)n1. The van der Waals surface area contributed by atoms with Gasteiger partial charge in [-0.2, -0.15) is 4.98 Å². The van der Waals surface area contributed by atoms with Gasteiger partial charge >= 0.3 is 0 Å². The molecule has 2 aliphatic rings. The maximum Gasteiger partial charge on any atom is 0.227 e. The van der Waals surface area contributed by atoms with Gasteiger partial charge in [-0.05, 0) is 33.6 Å². The fourth-order valence-corrected chi connectivity index (χ4v) is 3.64. The molecule has 0 unspecified atom stereocenters. The highest BCUT2D eigenvalue weighted by atomic mass is 16.1. The third-order valence-electron chi connectivity index (χ3n) is 5.56. The molecule has 0 bridgehead atoms. The molecule has 2 aromatic heterocycles. The number of rotatable bonds is 4. The molecule has 1 aliphatic carbocycles. The zero-order chi connectivity index (χ0) is 19.3. The van der Waals surface area contributed by atoms with Crippen molar-refractivity contribution in [3.05, 3.63) is 29.6 Å². The van der Waals surface area contributed by atoms with Crippen LogP contribution in [0.2, 0.25) is 0 Å².